The van der Waals surface area contributed by atoms with Gasteiger partial charge in [0.1, 0.15) is 5.54 Å². The summed E-state index contributed by atoms with van der Waals surface area (Å²) in [5.74, 6) is 0.0454. The molecule has 0 amide bonds. The first-order valence-corrected chi connectivity index (χ1v) is 8.70. The lowest BCUT2D eigenvalue weighted by atomic mass is 9.90. The van der Waals surface area contributed by atoms with Gasteiger partial charge in [-0.05, 0) is 44.8 Å². The average Bonchev–Trinajstić information content (AvgIpc) is 2.49. The first kappa shape index (κ1) is 20.4. The number of likely N-dealkylation sites (N-methyl/N-ethyl adjacent to an activating group) is 1. The molecule has 0 rings (SSSR count). The number of hydrogen-bond donors (Lipinski definition) is 2. The van der Waals surface area contributed by atoms with Gasteiger partial charge in [0.2, 0.25) is 0 Å². The Morgan fingerprint density at radius 1 is 1.19 bits per heavy atom. The maximum absolute atomic E-state index is 11.6. The number of carbonyl (C=O) groups is 1. The summed E-state index contributed by atoms with van der Waals surface area (Å²) < 4.78 is 0. The van der Waals surface area contributed by atoms with Crippen molar-refractivity contribution in [2.45, 2.75) is 72.3 Å². The van der Waals surface area contributed by atoms with Crippen molar-refractivity contribution < 1.29 is 9.90 Å². The van der Waals surface area contributed by atoms with Crippen LogP contribution in [-0.2, 0) is 4.79 Å². The summed E-state index contributed by atoms with van der Waals surface area (Å²) in [7, 11) is 0. The molecule has 0 aliphatic rings. The molecule has 0 radical (unpaired) electrons. The summed E-state index contributed by atoms with van der Waals surface area (Å²) in [6.45, 7) is 14.5. The van der Waals surface area contributed by atoms with E-state index in [0.717, 1.165) is 32.0 Å². The normalized spacial score (nSPS) is 14.6. The second kappa shape index (κ2) is 11.0. The number of carboxylic acids is 1. The summed E-state index contributed by atoms with van der Waals surface area (Å²) in [6, 6.07) is 0. The van der Waals surface area contributed by atoms with Crippen molar-refractivity contribution in [3.05, 3.63) is 0 Å². The van der Waals surface area contributed by atoms with Crippen LogP contribution in [0.3, 0.4) is 0 Å². The highest BCUT2D eigenvalue weighted by Crippen LogP contribution is 2.19. The predicted octanol–water partition coefficient (Wildman–Crippen LogP) is 3.37. The van der Waals surface area contributed by atoms with Crippen molar-refractivity contribution in [1.82, 2.24) is 10.2 Å². The van der Waals surface area contributed by atoms with Crippen LogP contribution < -0.4 is 5.32 Å². The van der Waals surface area contributed by atoms with E-state index >= 15 is 0 Å². The maximum Gasteiger partial charge on any atom is 0.323 e. The van der Waals surface area contributed by atoms with Gasteiger partial charge < -0.3 is 15.3 Å². The SMILES string of the molecule is CCNC(CC)(CCCN(CC)CC(CC)CC)C(=O)O. The van der Waals surface area contributed by atoms with Crippen molar-refractivity contribution in [3.63, 3.8) is 0 Å². The third-order valence-electron chi connectivity index (χ3n) is 4.72. The third-order valence-corrected chi connectivity index (χ3v) is 4.72. The van der Waals surface area contributed by atoms with Crippen LogP contribution in [0.15, 0.2) is 0 Å². The number of aliphatic carboxylic acids is 1. The van der Waals surface area contributed by atoms with Crippen LogP contribution in [0.1, 0.15) is 66.7 Å². The Bertz CT molecular complexity index is 280. The first-order chi connectivity index (χ1) is 9.99. The highest BCUT2D eigenvalue weighted by molar-refractivity contribution is 5.78. The van der Waals surface area contributed by atoms with E-state index in [1.165, 1.54) is 12.8 Å². The number of carboxylic acid groups (broad SMARTS) is 1. The second-order valence-corrected chi connectivity index (χ2v) is 5.95. The van der Waals surface area contributed by atoms with Crippen molar-refractivity contribution in [2.24, 2.45) is 5.92 Å². The molecule has 4 nitrogen and oxygen atoms in total. The highest BCUT2D eigenvalue weighted by Gasteiger charge is 2.35. The Labute approximate surface area is 131 Å². The van der Waals surface area contributed by atoms with Crippen LogP contribution >= 0.6 is 0 Å². The van der Waals surface area contributed by atoms with E-state index in [1.54, 1.807) is 0 Å². The molecule has 2 N–H and O–H groups in total. The van der Waals surface area contributed by atoms with Crippen LogP contribution in [-0.4, -0.2) is 47.7 Å². The Morgan fingerprint density at radius 3 is 2.19 bits per heavy atom. The number of nitrogens with zero attached hydrogens (tertiary/aromatic N) is 1. The maximum atomic E-state index is 11.6. The lowest BCUT2D eigenvalue weighted by Crippen LogP contribution is -2.52. The minimum Gasteiger partial charge on any atom is -0.480 e. The van der Waals surface area contributed by atoms with Crippen LogP contribution in [0.2, 0.25) is 0 Å². The summed E-state index contributed by atoms with van der Waals surface area (Å²) in [4.78, 5) is 14.0. The van der Waals surface area contributed by atoms with Gasteiger partial charge in [-0.3, -0.25) is 4.79 Å². The lowest BCUT2D eigenvalue weighted by molar-refractivity contribution is -0.145. The average molecular weight is 300 g/mol. The Balaban J connectivity index is 4.43. The predicted molar refractivity (Wildman–Crippen MR) is 89.8 cm³/mol. The van der Waals surface area contributed by atoms with Crippen LogP contribution in [0.4, 0.5) is 0 Å². The molecule has 0 aromatic rings. The molecule has 1 atom stereocenters. The highest BCUT2D eigenvalue weighted by atomic mass is 16.4. The van der Waals surface area contributed by atoms with Crippen molar-refractivity contribution in [3.8, 4) is 0 Å². The largest absolute Gasteiger partial charge is 0.480 e. The molecule has 0 bridgehead atoms. The molecule has 126 valence electrons. The summed E-state index contributed by atoms with van der Waals surface area (Å²) in [6.07, 6.45) is 4.71. The third kappa shape index (κ3) is 6.79. The van der Waals surface area contributed by atoms with E-state index in [2.05, 4.69) is 31.0 Å². The Kier molecular flexibility index (Phi) is 10.7. The topological polar surface area (TPSA) is 52.6 Å². The summed E-state index contributed by atoms with van der Waals surface area (Å²) >= 11 is 0. The molecule has 0 aromatic heterocycles. The van der Waals surface area contributed by atoms with Gasteiger partial charge in [-0.25, -0.2) is 0 Å². The number of rotatable bonds is 13. The van der Waals surface area contributed by atoms with Gasteiger partial charge >= 0.3 is 5.97 Å². The van der Waals surface area contributed by atoms with Crippen molar-refractivity contribution >= 4 is 5.97 Å². The molecule has 21 heavy (non-hydrogen) atoms. The molecule has 0 aliphatic heterocycles. The van der Waals surface area contributed by atoms with Crippen molar-refractivity contribution in [1.29, 1.82) is 0 Å². The zero-order valence-electron chi connectivity index (χ0n) is 14.7. The lowest BCUT2D eigenvalue weighted by Gasteiger charge is -2.31. The monoisotopic (exact) mass is 300 g/mol. The van der Waals surface area contributed by atoms with Gasteiger partial charge in [0, 0.05) is 6.54 Å². The smallest absolute Gasteiger partial charge is 0.323 e. The molecule has 0 saturated carbocycles. The fourth-order valence-electron chi connectivity index (χ4n) is 2.96. The molecular weight excluding hydrogens is 264 g/mol. The number of hydrogen-bond acceptors (Lipinski definition) is 3. The zero-order chi connectivity index (χ0) is 16.3. The van der Waals surface area contributed by atoms with Gasteiger partial charge in [0.15, 0.2) is 0 Å². The molecule has 0 saturated heterocycles. The van der Waals surface area contributed by atoms with Gasteiger partial charge in [0.05, 0.1) is 0 Å². The quantitative estimate of drug-likeness (QED) is 0.547. The van der Waals surface area contributed by atoms with E-state index in [-0.39, 0.29) is 0 Å². The van der Waals surface area contributed by atoms with Gasteiger partial charge in [-0.2, -0.15) is 0 Å². The van der Waals surface area contributed by atoms with E-state index in [4.69, 9.17) is 0 Å². The zero-order valence-corrected chi connectivity index (χ0v) is 14.7. The van der Waals surface area contributed by atoms with Crippen LogP contribution in [0, 0.1) is 5.92 Å². The van der Waals surface area contributed by atoms with Gasteiger partial charge in [-0.15, -0.1) is 0 Å². The molecule has 4 heteroatoms. The standard InChI is InChI=1S/C17H36N2O2/c1-6-15(7-2)14-19(10-5)13-11-12-17(8-3,16(20)21)18-9-4/h15,18H,6-14H2,1-5H3,(H,20,21). The van der Waals surface area contributed by atoms with E-state index in [9.17, 15) is 9.90 Å². The Hall–Kier alpha value is -0.610. The van der Waals surface area contributed by atoms with Gasteiger partial charge in [0.25, 0.3) is 0 Å². The van der Waals surface area contributed by atoms with E-state index < -0.39 is 11.5 Å². The molecule has 1 unspecified atom stereocenters. The summed E-state index contributed by atoms with van der Waals surface area (Å²) in [5.41, 5.74) is -0.747. The number of nitrogens with one attached hydrogen (secondary N) is 1. The molecule has 0 fully saturated rings. The van der Waals surface area contributed by atoms with Crippen LogP contribution in [0.25, 0.3) is 0 Å². The molecule has 0 heterocycles. The molecule has 0 aliphatic carbocycles. The van der Waals surface area contributed by atoms with Crippen LogP contribution in [0.5, 0.6) is 0 Å². The molecular formula is C17H36N2O2. The van der Waals surface area contributed by atoms with Crippen molar-refractivity contribution in [2.75, 3.05) is 26.2 Å². The van der Waals surface area contributed by atoms with E-state index in [0.29, 0.717) is 19.4 Å². The Morgan fingerprint density at radius 2 is 1.81 bits per heavy atom. The molecule has 0 spiro atoms. The minimum absolute atomic E-state index is 0.634. The van der Waals surface area contributed by atoms with E-state index in [1.807, 2.05) is 13.8 Å². The summed E-state index contributed by atoms with van der Waals surface area (Å²) in [5, 5.41) is 12.7. The molecule has 0 aromatic carbocycles. The van der Waals surface area contributed by atoms with Gasteiger partial charge in [-0.1, -0.05) is 47.5 Å². The fraction of sp³-hybridized carbons (Fsp3) is 0.941. The fourth-order valence-corrected chi connectivity index (χ4v) is 2.96. The minimum atomic E-state index is -0.747. The first-order valence-electron chi connectivity index (χ1n) is 8.70. The second-order valence-electron chi connectivity index (χ2n) is 5.95.